The van der Waals surface area contributed by atoms with Crippen LogP contribution < -0.4 is 10.1 Å². The summed E-state index contributed by atoms with van der Waals surface area (Å²) in [5, 5.41) is 6.98. The van der Waals surface area contributed by atoms with Gasteiger partial charge in [0, 0.05) is 18.7 Å². The van der Waals surface area contributed by atoms with Crippen molar-refractivity contribution >= 4 is 0 Å². The van der Waals surface area contributed by atoms with E-state index in [1.165, 1.54) is 12.1 Å². The Kier molecular flexibility index (Phi) is 5.07. The summed E-state index contributed by atoms with van der Waals surface area (Å²) in [6, 6.07) is 4.84. The van der Waals surface area contributed by atoms with Crippen LogP contribution in [0.15, 0.2) is 28.8 Å². The summed E-state index contributed by atoms with van der Waals surface area (Å²) in [6.45, 7) is 5.03. The summed E-state index contributed by atoms with van der Waals surface area (Å²) in [6.07, 6.45) is -4.36. The Labute approximate surface area is 126 Å². The Morgan fingerprint density at radius 3 is 2.68 bits per heavy atom. The van der Waals surface area contributed by atoms with Gasteiger partial charge < -0.3 is 14.6 Å². The highest BCUT2D eigenvalue weighted by Gasteiger charge is 2.30. The second-order valence-electron chi connectivity index (χ2n) is 4.85. The first-order valence-corrected chi connectivity index (χ1v) is 6.80. The van der Waals surface area contributed by atoms with Crippen molar-refractivity contribution in [2.24, 2.45) is 0 Å². The van der Waals surface area contributed by atoms with E-state index < -0.39 is 11.7 Å². The molecule has 0 bridgehead atoms. The van der Waals surface area contributed by atoms with E-state index >= 15 is 0 Å². The van der Waals surface area contributed by atoms with Gasteiger partial charge in [-0.2, -0.15) is 13.2 Å². The molecule has 22 heavy (non-hydrogen) atoms. The van der Waals surface area contributed by atoms with E-state index in [0.717, 1.165) is 29.2 Å². The third-order valence-corrected chi connectivity index (χ3v) is 3.19. The van der Waals surface area contributed by atoms with Crippen LogP contribution in [-0.4, -0.2) is 18.3 Å². The van der Waals surface area contributed by atoms with Crippen molar-refractivity contribution in [1.29, 1.82) is 0 Å². The van der Waals surface area contributed by atoms with Crippen LogP contribution in [0.1, 0.15) is 22.6 Å². The van der Waals surface area contributed by atoms with Crippen molar-refractivity contribution in [1.82, 2.24) is 10.5 Å². The molecule has 7 heteroatoms. The van der Waals surface area contributed by atoms with Crippen LogP contribution in [0.25, 0.3) is 0 Å². The molecule has 0 atom stereocenters. The zero-order valence-electron chi connectivity index (χ0n) is 12.3. The van der Waals surface area contributed by atoms with E-state index in [9.17, 15) is 13.2 Å². The minimum Gasteiger partial charge on any atom is -0.492 e. The lowest BCUT2D eigenvalue weighted by Gasteiger charge is -2.10. The van der Waals surface area contributed by atoms with Crippen LogP contribution in [0.5, 0.6) is 5.75 Å². The molecule has 2 rings (SSSR count). The second-order valence-corrected chi connectivity index (χ2v) is 4.85. The number of aromatic nitrogens is 1. The molecule has 1 N–H and O–H groups in total. The topological polar surface area (TPSA) is 47.3 Å². The number of benzene rings is 1. The van der Waals surface area contributed by atoms with Gasteiger partial charge in [0.15, 0.2) is 0 Å². The van der Waals surface area contributed by atoms with E-state index in [-0.39, 0.29) is 12.4 Å². The fourth-order valence-corrected chi connectivity index (χ4v) is 1.97. The maximum Gasteiger partial charge on any atom is 0.416 e. The number of alkyl halides is 3. The number of nitrogens with one attached hydrogen (secondary N) is 1. The van der Waals surface area contributed by atoms with Crippen molar-refractivity contribution in [3.63, 3.8) is 0 Å². The average molecular weight is 314 g/mol. The lowest BCUT2D eigenvalue weighted by atomic mass is 10.2. The number of aryl methyl sites for hydroxylation is 2. The zero-order valence-corrected chi connectivity index (χ0v) is 12.3. The average Bonchev–Trinajstić information content (AvgIpc) is 2.78. The van der Waals surface area contributed by atoms with Crippen molar-refractivity contribution in [2.75, 3.05) is 13.2 Å². The second kappa shape index (κ2) is 6.83. The van der Waals surface area contributed by atoms with Gasteiger partial charge in [0.2, 0.25) is 0 Å². The number of ether oxygens (including phenoxy) is 1. The van der Waals surface area contributed by atoms with Crippen LogP contribution in [0.4, 0.5) is 13.2 Å². The molecule has 0 unspecified atom stereocenters. The summed E-state index contributed by atoms with van der Waals surface area (Å²) in [5.41, 5.74) is 1.09. The van der Waals surface area contributed by atoms with Gasteiger partial charge in [0.25, 0.3) is 0 Å². The molecule has 0 saturated carbocycles. The first kappa shape index (κ1) is 16.4. The van der Waals surface area contributed by atoms with Gasteiger partial charge in [-0.25, -0.2) is 0 Å². The molecule has 0 aliphatic carbocycles. The largest absolute Gasteiger partial charge is 0.492 e. The molecule has 0 radical (unpaired) electrons. The molecular formula is C15H17F3N2O2. The lowest BCUT2D eigenvalue weighted by Crippen LogP contribution is -2.21. The molecule has 1 aromatic carbocycles. The third-order valence-electron chi connectivity index (χ3n) is 3.19. The first-order chi connectivity index (χ1) is 10.4. The maximum absolute atomic E-state index is 12.6. The molecule has 0 aliphatic heterocycles. The van der Waals surface area contributed by atoms with Crippen LogP contribution in [0.2, 0.25) is 0 Å². The van der Waals surface area contributed by atoms with Crippen molar-refractivity contribution in [3.8, 4) is 5.75 Å². The Morgan fingerprint density at radius 2 is 2.05 bits per heavy atom. The number of halogens is 3. The van der Waals surface area contributed by atoms with E-state index in [1.807, 2.05) is 13.8 Å². The summed E-state index contributed by atoms with van der Waals surface area (Å²) in [5.74, 6) is 0.956. The zero-order chi connectivity index (χ0) is 16.2. The van der Waals surface area contributed by atoms with Crippen molar-refractivity contribution in [3.05, 3.63) is 46.8 Å². The van der Waals surface area contributed by atoms with Gasteiger partial charge in [-0.1, -0.05) is 11.2 Å². The quantitative estimate of drug-likeness (QED) is 0.829. The molecule has 0 spiro atoms. The van der Waals surface area contributed by atoms with Gasteiger partial charge in [0.05, 0.1) is 11.3 Å². The molecule has 0 saturated heterocycles. The summed E-state index contributed by atoms with van der Waals surface area (Å²) >= 11 is 0. The Bertz CT molecular complexity index is 604. The molecule has 0 aliphatic rings. The SMILES string of the molecule is Cc1noc(C)c1CNCCOc1cccc(C(F)(F)F)c1. The number of nitrogens with zero attached hydrogens (tertiary/aromatic N) is 1. The van der Waals surface area contributed by atoms with Crippen LogP contribution >= 0.6 is 0 Å². The fourth-order valence-electron chi connectivity index (χ4n) is 1.97. The van der Waals surface area contributed by atoms with E-state index in [1.54, 1.807) is 0 Å². The minimum atomic E-state index is -4.36. The predicted molar refractivity (Wildman–Crippen MR) is 74.6 cm³/mol. The summed E-state index contributed by atoms with van der Waals surface area (Å²) in [7, 11) is 0. The van der Waals surface area contributed by atoms with Crippen LogP contribution in [-0.2, 0) is 12.7 Å². The molecule has 120 valence electrons. The Balaban J connectivity index is 1.78. The maximum atomic E-state index is 12.6. The van der Waals surface area contributed by atoms with E-state index in [4.69, 9.17) is 9.26 Å². The third kappa shape index (κ3) is 4.24. The Morgan fingerprint density at radius 1 is 1.27 bits per heavy atom. The molecule has 2 aromatic rings. The van der Waals surface area contributed by atoms with Crippen LogP contribution in [0, 0.1) is 13.8 Å². The van der Waals surface area contributed by atoms with Gasteiger partial charge in [0.1, 0.15) is 18.1 Å². The highest BCUT2D eigenvalue weighted by molar-refractivity contribution is 5.30. The van der Waals surface area contributed by atoms with E-state index in [2.05, 4.69) is 10.5 Å². The monoisotopic (exact) mass is 314 g/mol. The molecule has 0 amide bonds. The molecule has 1 heterocycles. The van der Waals surface area contributed by atoms with Gasteiger partial charge in [-0.15, -0.1) is 0 Å². The van der Waals surface area contributed by atoms with Gasteiger partial charge in [-0.3, -0.25) is 0 Å². The Hall–Kier alpha value is -2.02. The number of hydrogen-bond acceptors (Lipinski definition) is 4. The van der Waals surface area contributed by atoms with Crippen molar-refractivity contribution < 1.29 is 22.4 Å². The molecule has 0 fully saturated rings. The van der Waals surface area contributed by atoms with Crippen LogP contribution in [0.3, 0.4) is 0 Å². The van der Waals surface area contributed by atoms with Gasteiger partial charge in [-0.05, 0) is 32.0 Å². The molecule has 1 aromatic heterocycles. The summed E-state index contributed by atoms with van der Waals surface area (Å²) in [4.78, 5) is 0. The predicted octanol–water partition coefficient (Wildman–Crippen LogP) is 3.48. The highest BCUT2D eigenvalue weighted by Crippen LogP contribution is 2.31. The first-order valence-electron chi connectivity index (χ1n) is 6.80. The molecular weight excluding hydrogens is 297 g/mol. The normalized spacial score (nSPS) is 11.7. The minimum absolute atomic E-state index is 0.203. The fraction of sp³-hybridized carbons (Fsp3) is 0.400. The molecule has 4 nitrogen and oxygen atoms in total. The van der Waals surface area contributed by atoms with Crippen molar-refractivity contribution in [2.45, 2.75) is 26.6 Å². The lowest BCUT2D eigenvalue weighted by molar-refractivity contribution is -0.137. The highest BCUT2D eigenvalue weighted by atomic mass is 19.4. The summed E-state index contributed by atoms with van der Waals surface area (Å²) < 4.78 is 48.0. The number of hydrogen-bond donors (Lipinski definition) is 1. The standard InChI is InChI=1S/C15H17F3N2O2/c1-10-14(11(2)22-20-10)9-19-6-7-21-13-5-3-4-12(8-13)15(16,17)18/h3-5,8,19H,6-7,9H2,1-2H3. The number of rotatable bonds is 6. The van der Waals surface area contributed by atoms with E-state index in [0.29, 0.717) is 13.1 Å². The smallest absolute Gasteiger partial charge is 0.416 e. The van der Waals surface area contributed by atoms with Gasteiger partial charge >= 0.3 is 6.18 Å².